The summed E-state index contributed by atoms with van der Waals surface area (Å²) in [6.07, 6.45) is 1.72. The van der Waals surface area contributed by atoms with Gasteiger partial charge in [0, 0.05) is 28.6 Å². The highest BCUT2D eigenvalue weighted by molar-refractivity contribution is 9.10. The molecule has 0 spiro atoms. The molecule has 26 heavy (non-hydrogen) atoms. The predicted octanol–water partition coefficient (Wildman–Crippen LogP) is 2.68. The van der Waals surface area contributed by atoms with Crippen LogP contribution in [0.1, 0.15) is 16.8 Å². The number of rotatable bonds is 5. The normalized spacial score (nSPS) is 11.3. The number of phenols is 1. The average molecular weight is 417 g/mol. The van der Waals surface area contributed by atoms with Gasteiger partial charge in [0.15, 0.2) is 0 Å². The first kappa shape index (κ1) is 18.1. The van der Waals surface area contributed by atoms with Crippen LogP contribution in [0.25, 0.3) is 10.8 Å². The highest BCUT2D eigenvalue weighted by Gasteiger charge is 2.08. The van der Waals surface area contributed by atoms with E-state index in [1.165, 1.54) is 6.21 Å². The Hall–Kier alpha value is -2.71. The molecule has 0 aliphatic rings. The molecule has 134 valence electrons. The number of aliphatic hydroxyl groups excluding tert-OH is 1. The standard InChI is InChI=1S/C18H17BrN4O3/c1-10-13(6-7-24)17(26)22-18(21-10)23-20-9-15-14-4-3-12(19)8-11(14)2-5-16(15)25/h2-5,8-9,24-25H,6-7H2,1H3,(H2,21,22,23,26)/b20-9-. The number of fused-ring (bicyclic) bond motifs is 1. The van der Waals surface area contributed by atoms with E-state index < -0.39 is 0 Å². The number of hydrazone groups is 1. The molecule has 3 rings (SSSR count). The second-order valence-electron chi connectivity index (χ2n) is 5.69. The van der Waals surface area contributed by atoms with Gasteiger partial charge in [0.25, 0.3) is 5.56 Å². The maximum absolute atomic E-state index is 12.0. The molecular formula is C18H17BrN4O3. The molecule has 3 aromatic rings. The minimum atomic E-state index is -0.317. The highest BCUT2D eigenvalue weighted by atomic mass is 79.9. The number of aromatic amines is 1. The number of hydrogen-bond acceptors (Lipinski definition) is 6. The number of halogens is 1. The van der Waals surface area contributed by atoms with Crippen molar-refractivity contribution in [1.82, 2.24) is 9.97 Å². The Bertz CT molecular complexity index is 1050. The van der Waals surface area contributed by atoms with E-state index in [1.807, 2.05) is 24.3 Å². The zero-order chi connectivity index (χ0) is 18.7. The third-order valence-corrected chi connectivity index (χ3v) is 4.44. The average Bonchev–Trinajstić information content (AvgIpc) is 2.60. The molecule has 0 saturated carbocycles. The van der Waals surface area contributed by atoms with Crippen molar-refractivity contribution in [2.45, 2.75) is 13.3 Å². The SMILES string of the molecule is Cc1nc(N/N=C\c2c(O)ccc3cc(Br)ccc23)[nH]c(=O)c1CCO. The second kappa shape index (κ2) is 7.67. The van der Waals surface area contributed by atoms with Crippen molar-refractivity contribution < 1.29 is 10.2 Å². The first-order valence-corrected chi connectivity index (χ1v) is 8.70. The van der Waals surface area contributed by atoms with Crippen LogP contribution in [0.4, 0.5) is 5.95 Å². The van der Waals surface area contributed by atoms with Crippen LogP contribution < -0.4 is 11.0 Å². The minimum absolute atomic E-state index is 0.0984. The number of phenolic OH excluding ortho intramolecular Hbond substituents is 1. The van der Waals surface area contributed by atoms with Crippen LogP contribution in [0.5, 0.6) is 5.75 Å². The summed E-state index contributed by atoms with van der Waals surface area (Å²) in [5, 5.41) is 25.0. The molecule has 2 aromatic carbocycles. The zero-order valence-corrected chi connectivity index (χ0v) is 15.5. The Kier molecular flexibility index (Phi) is 5.34. The number of anilines is 1. The summed E-state index contributed by atoms with van der Waals surface area (Å²) in [5.74, 6) is 0.286. The molecule has 0 aliphatic carbocycles. The van der Waals surface area contributed by atoms with Crippen LogP contribution in [-0.2, 0) is 6.42 Å². The third-order valence-electron chi connectivity index (χ3n) is 3.95. The van der Waals surface area contributed by atoms with Crippen LogP contribution >= 0.6 is 15.9 Å². The molecule has 1 heterocycles. The number of aromatic nitrogens is 2. The predicted molar refractivity (Wildman–Crippen MR) is 105 cm³/mol. The fraction of sp³-hybridized carbons (Fsp3) is 0.167. The lowest BCUT2D eigenvalue weighted by Gasteiger charge is -2.07. The molecule has 0 bridgehead atoms. The van der Waals surface area contributed by atoms with E-state index in [0.29, 0.717) is 16.8 Å². The van der Waals surface area contributed by atoms with E-state index in [4.69, 9.17) is 5.11 Å². The summed E-state index contributed by atoms with van der Waals surface area (Å²) >= 11 is 3.42. The van der Waals surface area contributed by atoms with E-state index >= 15 is 0 Å². The van der Waals surface area contributed by atoms with Crippen LogP contribution in [-0.4, -0.2) is 33.0 Å². The van der Waals surface area contributed by atoms with Crippen LogP contribution in [0.3, 0.4) is 0 Å². The Balaban J connectivity index is 1.89. The van der Waals surface area contributed by atoms with Crippen molar-refractivity contribution in [3.8, 4) is 5.75 Å². The zero-order valence-electron chi connectivity index (χ0n) is 14.0. The van der Waals surface area contributed by atoms with Gasteiger partial charge < -0.3 is 10.2 Å². The summed E-state index contributed by atoms with van der Waals surface area (Å²) < 4.78 is 0.942. The number of aryl methyl sites for hydroxylation is 1. The number of aliphatic hydroxyl groups is 1. The van der Waals surface area contributed by atoms with Crippen LogP contribution in [0, 0.1) is 6.92 Å². The lowest BCUT2D eigenvalue weighted by Crippen LogP contribution is -2.19. The quantitative estimate of drug-likeness (QED) is 0.377. The van der Waals surface area contributed by atoms with Crippen LogP contribution in [0.15, 0.2) is 44.7 Å². The smallest absolute Gasteiger partial charge is 0.255 e. The van der Waals surface area contributed by atoms with Gasteiger partial charge in [-0.15, -0.1) is 0 Å². The third kappa shape index (κ3) is 3.76. The van der Waals surface area contributed by atoms with E-state index in [2.05, 4.69) is 36.4 Å². The summed E-state index contributed by atoms with van der Waals surface area (Å²) in [6.45, 7) is 1.58. The minimum Gasteiger partial charge on any atom is -0.507 e. The number of hydrogen-bond donors (Lipinski definition) is 4. The van der Waals surface area contributed by atoms with E-state index in [1.54, 1.807) is 13.0 Å². The van der Waals surface area contributed by atoms with Crippen molar-refractivity contribution in [1.29, 1.82) is 0 Å². The molecular weight excluding hydrogens is 400 g/mol. The molecule has 0 aliphatic heterocycles. The van der Waals surface area contributed by atoms with Crippen molar-refractivity contribution in [2.75, 3.05) is 12.0 Å². The number of nitrogens with one attached hydrogen (secondary N) is 2. The number of aromatic hydroxyl groups is 1. The van der Waals surface area contributed by atoms with Gasteiger partial charge in [-0.2, -0.15) is 5.10 Å². The number of H-pyrrole nitrogens is 1. The molecule has 0 atom stereocenters. The maximum atomic E-state index is 12.0. The molecule has 1 aromatic heterocycles. The first-order valence-electron chi connectivity index (χ1n) is 7.90. The van der Waals surface area contributed by atoms with Crippen molar-refractivity contribution in [3.05, 3.63) is 62.0 Å². The van der Waals surface area contributed by atoms with Gasteiger partial charge in [-0.1, -0.05) is 28.1 Å². The molecule has 0 saturated heterocycles. The molecule has 0 unspecified atom stereocenters. The van der Waals surface area contributed by atoms with Gasteiger partial charge >= 0.3 is 0 Å². The molecule has 0 amide bonds. The molecule has 0 fully saturated rings. The Morgan fingerprint density at radius 3 is 2.88 bits per heavy atom. The molecule has 8 heteroatoms. The summed E-state index contributed by atoms with van der Waals surface area (Å²) in [5.41, 5.74) is 3.87. The van der Waals surface area contributed by atoms with Gasteiger partial charge in [0.2, 0.25) is 5.95 Å². The monoisotopic (exact) mass is 416 g/mol. The fourth-order valence-electron chi connectivity index (χ4n) is 2.68. The highest BCUT2D eigenvalue weighted by Crippen LogP contribution is 2.28. The van der Waals surface area contributed by atoms with Crippen molar-refractivity contribution in [2.24, 2.45) is 5.10 Å². The van der Waals surface area contributed by atoms with E-state index in [9.17, 15) is 9.90 Å². The van der Waals surface area contributed by atoms with Gasteiger partial charge in [0.05, 0.1) is 11.9 Å². The van der Waals surface area contributed by atoms with Gasteiger partial charge in [0.1, 0.15) is 5.75 Å². The first-order chi connectivity index (χ1) is 12.5. The lowest BCUT2D eigenvalue weighted by molar-refractivity contribution is 0.298. The molecule has 0 radical (unpaired) electrons. The maximum Gasteiger partial charge on any atom is 0.255 e. The van der Waals surface area contributed by atoms with Gasteiger partial charge in [-0.25, -0.2) is 10.4 Å². The topological polar surface area (TPSA) is 111 Å². The van der Waals surface area contributed by atoms with Gasteiger partial charge in [-0.3, -0.25) is 9.78 Å². The molecule has 7 nitrogen and oxygen atoms in total. The Morgan fingerprint density at radius 1 is 1.35 bits per heavy atom. The Labute approximate surface area is 157 Å². The summed E-state index contributed by atoms with van der Waals surface area (Å²) in [6, 6.07) is 9.14. The van der Waals surface area contributed by atoms with Gasteiger partial charge in [-0.05, 0) is 35.9 Å². The second-order valence-corrected chi connectivity index (χ2v) is 6.60. The van der Waals surface area contributed by atoms with E-state index in [0.717, 1.165) is 15.2 Å². The van der Waals surface area contributed by atoms with E-state index in [-0.39, 0.29) is 30.3 Å². The Morgan fingerprint density at radius 2 is 2.15 bits per heavy atom. The van der Waals surface area contributed by atoms with Crippen molar-refractivity contribution in [3.63, 3.8) is 0 Å². The molecule has 4 N–H and O–H groups in total. The largest absolute Gasteiger partial charge is 0.507 e. The summed E-state index contributed by atoms with van der Waals surface area (Å²) in [7, 11) is 0. The fourth-order valence-corrected chi connectivity index (χ4v) is 3.06. The van der Waals surface area contributed by atoms with Crippen molar-refractivity contribution >= 4 is 38.9 Å². The van der Waals surface area contributed by atoms with Crippen LogP contribution in [0.2, 0.25) is 0 Å². The lowest BCUT2D eigenvalue weighted by atomic mass is 10.0. The number of benzene rings is 2. The summed E-state index contributed by atoms with van der Waals surface area (Å²) in [4.78, 5) is 18.8. The number of nitrogens with zero attached hydrogens (tertiary/aromatic N) is 2.